The maximum absolute atomic E-state index is 4.07. The van der Waals surface area contributed by atoms with Crippen LogP contribution in [0.3, 0.4) is 0 Å². The standard InChI is InChI=1S/C24H25.C4H9Si.Sn/c1-15-10-17(3)23(18(4)11-15)21-8-7-9-22(14-21)24-19(5)12-16(2)13-20(24)6;1-5(2,3)4;/h7-13H,1-6H3;1-3H3;. The van der Waals surface area contributed by atoms with E-state index >= 15 is 0 Å². The number of hydrogen-bond donors (Lipinski definition) is 0. The third-order valence-electron chi connectivity index (χ3n) is 5.52. The van der Waals surface area contributed by atoms with Crippen LogP contribution in [-0.2, 0) is 0 Å². The van der Waals surface area contributed by atoms with Crippen LogP contribution in [0.2, 0.25) is 19.6 Å². The van der Waals surface area contributed by atoms with Crippen molar-refractivity contribution >= 4 is 32.1 Å². The Morgan fingerprint density at radius 1 is 0.633 bits per heavy atom. The van der Waals surface area contributed by atoms with Crippen LogP contribution in [0.25, 0.3) is 22.3 Å². The number of rotatable bonds is 2. The number of benzene rings is 3. The molecule has 0 unspecified atom stereocenters. The van der Waals surface area contributed by atoms with E-state index in [-0.39, 0.29) is 0 Å². The summed E-state index contributed by atoms with van der Waals surface area (Å²) in [5.74, 6) is 0. The van der Waals surface area contributed by atoms with E-state index in [1.807, 2.05) is 0 Å². The second-order valence-corrected chi connectivity index (χ2v) is 18.8. The topological polar surface area (TPSA) is 0 Å². The molecule has 0 heterocycles. The summed E-state index contributed by atoms with van der Waals surface area (Å²) >= 11 is -0.977. The molecular weight excluding hydrogens is 483 g/mol. The van der Waals surface area contributed by atoms with Crippen molar-refractivity contribution in [1.29, 1.82) is 0 Å². The van der Waals surface area contributed by atoms with Crippen LogP contribution in [0.15, 0.2) is 42.5 Å². The molecule has 0 atom stereocenters. The quantitative estimate of drug-likeness (QED) is 0.320. The van der Waals surface area contributed by atoms with Crippen LogP contribution in [0.4, 0.5) is 0 Å². The van der Waals surface area contributed by atoms with Crippen LogP contribution >= 0.6 is 0 Å². The van der Waals surface area contributed by atoms with Gasteiger partial charge in [0.15, 0.2) is 0 Å². The molecule has 0 fully saturated rings. The second kappa shape index (κ2) is 8.90. The molecule has 30 heavy (non-hydrogen) atoms. The first-order chi connectivity index (χ1) is 14.0. The molecule has 0 amide bonds. The van der Waals surface area contributed by atoms with Gasteiger partial charge in [-0.3, -0.25) is 0 Å². The Balaban J connectivity index is 2.42. The first kappa shape index (κ1) is 23.1. The molecule has 0 aliphatic heterocycles. The number of aryl methyl sites for hydroxylation is 6. The van der Waals surface area contributed by atoms with Gasteiger partial charge in [0.2, 0.25) is 0 Å². The van der Waals surface area contributed by atoms with Crippen LogP contribution in [-0.4, -0.2) is 28.5 Å². The van der Waals surface area contributed by atoms with Gasteiger partial charge in [-0.05, 0) is 0 Å². The van der Waals surface area contributed by atoms with Crippen molar-refractivity contribution in [3.05, 3.63) is 75.8 Å². The third-order valence-corrected chi connectivity index (χ3v) is 16.1. The van der Waals surface area contributed by atoms with E-state index in [0.717, 1.165) is 0 Å². The molecule has 0 N–H and O–H groups in total. The summed E-state index contributed by atoms with van der Waals surface area (Å²) < 4.78 is 5.66. The zero-order valence-electron chi connectivity index (χ0n) is 20.0. The minimum atomic E-state index is -1.33. The Kier molecular flexibility index (Phi) is 6.86. The zero-order valence-corrected chi connectivity index (χ0v) is 23.9. The van der Waals surface area contributed by atoms with Gasteiger partial charge in [0.05, 0.1) is 0 Å². The first-order valence-electron chi connectivity index (χ1n) is 10.8. The fourth-order valence-corrected chi connectivity index (χ4v) is 11.3. The monoisotopic (exact) mass is 518 g/mol. The van der Waals surface area contributed by atoms with E-state index in [1.165, 1.54) is 55.6 Å². The van der Waals surface area contributed by atoms with Crippen molar-refractivity contribution in [1.82, 2.24) is 0 Å². The van der Waals surface area contributed by atoms with Crippen LogP contribution in [0, 0.1) is 45.0 Å². The fourth-order valence-electron chi connectivity index (χ4n) is 4.56. The minimum absolute atomic E-state index is 0.977. The van der Waals surface area contributed by atoms with Crippen molar-refractivity contribution in [3.8, 4) is 25.7 Å². The molecule has 0 aliphatic rings. The molecule has 154 valence electrons. The summed E-state index contributed by atoms with van der Waals surface area (Å²) in [6.45, 7) is 20.7. The van der Waals surface area contributed by atoms with E-state index in [9.17, 15) is 0 Å². The molecule has 0 aliphatic carbocycles. The normalized spacial score (nSPS) is 11.2. The summed E-state index contributed by atoms with van der Waals surface area (Å²) in [7, 11) is -1.33. The SMILES string of the molecule is Cc1cc(C)c(-c2cccc(-c3c(C)cc(C)cc3C)[c]2[Sn]#[C][Si](C)(C)C)c(C)c1. The van der Waals surface area contributed by atoms with Crippen LogP contribution in [0.1, 0.15) is 33.4 Å². The zero-order chi connectivity index (χ0) is 22.2. The molecule has 0 nitrogen and oxygen atoms in total. The van der Waals surface area contributed by atoms with Gasteiger partial charge in [0, 0.05) is 0 Å². The molecule has 0 bridgehead atoms. The van der Waals surface area contributed by atoms with Gasteiger partial charge in [0.1, 0.15) is 0 Å². The second-order valence-electron chi connectivity index (χ2n) is 9.78. The summed E-state index contributed by atoms with van der Waals surface area (Å²) in [5, 5.41) is 0. The van der Waals surface area contributed by atoms with Crippen molar-refractivity contribution in [2.45, 2.75) is 61.2 Å². The molecule has 0 aromatic heterocycles. The van der Waals surface area contributed by atoms with Gasteiger partial charge < -0.3 is 0 Å². The summed E-state index contributed by atoms with van der Waals surface area (Å²) in [6, 6.07) is 16.3. The Morgan fingerprint density at radius 2 is 1.00 bits per heavy atom. The van der Waals surface area contributed by atoms with Crippen molar-refractivity contribution < 1.29 is 0 Å². The Labute approximate surface area is 194 Å². The van der Waals surface area contributed by atoms with Gasteiger partial charge in [0.25, 0.3) is 0 Å². The summed E-state index contributed by atoms with van der Waals surface area (Å²) in [6.07, 6.45) is 0. The van der Waals surface area contributed by atoms with Crippen molar-refractivity contribution in [3.63, 3.8) is 0 Å². The molecule has 3 aromatic rings. The molecule has 0 saturated heterocycles. The molecule has 0 saturated carbocycles. The van der Waals surface area contributed by atoms with E-state index in [2.05, 4.69) is 107 Å². The average molecular weight is 517 g/mol. The molecule has 3 aromatic carbocycles. The van der Waals surface area contributed by atoms with Crippen LogP contribution in [0.5, 0.6) is 0 Å². The first-order valence-corrected chi connectivity index (χ1v) is 17.2. The van der Waals surface area contributed by atoms with E-state index in [1.54, 1.807) is 3.58 Å². The number of hydrogen-bond acceptors (Lipinski definition) is 0. The Bertz CT molecular complexity index is 1060. The summed E-state index contributed by atoms with van der Waals surface area (Å²) in [4.78, 5) is 0. The van der Waals surface area contributed by atoms with Crippen molar-refractivity contribution in [2.75, 3.05) is 0 Å². The molecule has 0 spiro atoms. The van der Waals surface area contributed by atoms with E-state index in [0.29, 0.717) is 0 Å². The molecule has 0 radical (unpaired) electrons. The van der Waals surface area contributed by atoms with Gasteiger partial charge >= 0.3 is 195 Å². The summed E-state index contributed by atoms with van der Waals surface area (Å²) in [5.41, 5.74) is 14.0. The van der Waals surface area contributed by atoms with Gasteiger partial charge in [-0.25, -0.2) is 0 Å². The Hall–Kier alpha value is -1.54. The van der Waals surface area contributed by atoms with E-state index < -0.39 is 28.5 Å². The molecule has 2 heteroatoms. The Morgan fingerprint density at radius 3 is 1.33 bits per heavy atom. The predicted molar refractivity (Wildman–Crippen MR) is 138 cm³/mol. The van der Waals surface area contributed by atoms with E-state index in [4.69, 9.17) is 0 Å². The van der Waals surface area contributed by atoms with Gasteiger partial charge in [-0.2, -0.15) is 0 Å². The van der Waals surface area contributed by atoms with Crippen LogP contribution < -0.4 is 3.58 Å². The molecule has 3 rings (SSSR count). The third kappa shape index (κ3) is 5.02. The van der Waals surface area contributed by atoms with Crippen molar-refractivity contribution in [2.24, 2.45) is 0 Å². The fraction of sp³-hybridized carbons (Fsp3) is 0.321. The average Bonchev–Trinajstić information content (AvgIpc) is 2.58. The molecular formula is C28H34SiSn. The predicted octanol–water partition coefficient (Wildman–Crippen LogP) is 7.04. The maximum atomic E-state index is 4.07. The van der Waals surface area contributed by atoms with Gasteiger partial charge in [-0.1, -0.05) is 0 Å². The van der Waals surface area contributed by atoms with Gasteiger partial charge in [-0.15, -0.1) is 0 Å².